The van der Waals surface area contributed by atoms with E-state index in [1.165, 1.54) is 0 Å². The van der Waals surface area contributed by atoms with E-state index in [1.807, 2.05) is 13.0 Å². The number of rotatable bonds is 5. The van der Waals surface area contributed by atoms with Crippen molar-refractivity contribution in [2.24, 2.45) is 5.14 Å². The number of nitrogens with two attached hydrogens (primary N) is 1. The molecule has 0 aliphatic carbocycles. The van der Waals surface area contributed by atoms with Crippen molar-refractivity contribution >= 4 is 10.0 Å². The standard InChI is InChI=1S/C11H14N2O3S/c1-9-3-4-10(8-12)7-11(9)16-5-2-6-17(13,14)15/h3-4,7H,2,5-6H2,1H3,(H2,13,14,15). The summed E-state index contributed by atoms with van der Waals surface area (Å²) in [5.41, 5.74) is 1.41. The second-order valence-corrected chi connectivity index (χ2v) is 5.40. The van der Waals surface area contributed by atoms with Crippen molar-refractivity contribution in [3.63, 3.8) is 0 Å². The number of hydrogen-bond donors (Lipinski definition) is 1. The third-order valence-corrected chi connectivity index (χ3v) is 3.01. The maximum atomic E-state index is 10.7. The van der Waals surface area contributed by atoms with Gasteiger partial charge in [0.2, 0.25) is 10.0 Å². The van der Waals surface area contributed by atoms with Gasteiger partial charge in [0.25, 0.3) is 0 Å². The normalized spacial score (nSPS) is 10.9. The van der Waals surface area contributed by atoms with Crippen molar-refractivity contribution in [3.8, 4) is 11.8 Å². The first-order valence-electron chi connectivity index (χ1n) is 5.06. The summed E-state index contributed by atoms with van der Waals surface area (Å²) >= 11 is 0. The van der Waals surface area contributed by atoms with Gasteiger partial charge in [-0.2, -0.15) is 5.26 Å². The van der Waals surface area contributed by atoms with Crippen LogP contribution in [0.15, 0.2) is 18.2 Å². The summed E-state index contributed by atoms with van der Waals surface area (Å²) in [4.78, 5) is 0. The maximum absolute atomic E-state index is 10.7. The third-order valence-electron chi connectivity index (χ3n) is 2.15. The lowest BCUT2D eigenvalue weighted by Gasteiger charge is -2.08. The van der Waals surface area contributed by atoms with Crippen molar-refractivity contribution in [3.05, 3.63) is 29.3 Å². The molecule has 0 heterocycles. The summed E-state index contributed by atoms with van der Waals surface area (Å²) in [5, 5.41) is 13.6. The largest absolute Gasteiger partial charge is 0.493 e. The highest BCUT2D eigenvalue weighted by atomic mass is 32.2. The maximum Gasteiger partial charge on any atom is 0.209 e. The van der Waals surface area contributed by atoms with E-state index in [9.17, 15) is 8.42 Å². The van der Waals surface area contributed by atoms with Crippen LogP contribution in [0.4, 0.5) is 0 Å². The Morgan fingerprint density at radius 2 is 2.18 bits per heavy atom. The number of nitrogens with zero attached hydrogens (tertiary/aromatic N) is 1. The summed E-state index contributed by atoms with van der Waals surface area (Å²) in [5.74, 6) is 0.489. The number of primary sulfonamides is 1. The molecule has 92 valence electrons. The zero-order chi connectivity index (χ0) is 12.9. The highest BCUT2D eigenvalue weighted by Gasteiger charge is 2.04. The van der Waals surface area contributed by atoms with Crippen LogP contribution in [0.2, 0.25) is 0 Å². The number of sulfonamides is 1. The fourth-order valence-corrected chi connectivity index (χ4v) is 1.79. The lowest BCUT2D eigenvalue weighted by Crippen LogP contribution is -2.18. The van der Waals surface area contributed by atoms with E-state index in [-0.39, 0.29) is 12.4 Å². The van der Waals surface area contributed by atoms with Crippen LogP contribution in [0, 0.1) is 18.3 Å². The molecule has 1 rings (SSSR count). The summed E-state index contributed by atoms with van der Waals surface area (Å²) in [6.07, 6.45) is 0.328. The van der Waals surface area contributed by atoms with Crippen LogP contribution in [0.3, 0.4) is 0 Å². The molecule has 0 fully saturated rings. The summed E-state index contributed by atoms with van der Waals surface area (Å²) in [6.45, 7) is 2.11. The molecule has 6 heteroatoms. The molecule has 17 heavy (non-hydrogen) atoms. The molecule has 5 nitrogen and oxygen atoms in total. The van der Waals surface area contributed by atoms with Gasteiger partial charge in [-0.15, -0.1) is 0 Å². The molecule has 0 aliphatic rings. The number of nitriles is 1. The van der Waals surface area contributed by atoms with Crippen molar-refractivity contribution in [1.29, 1.82) is 5.26 Å². The molecular weight excluding hydrogens is 240 g/mol. The first-order valence-corrected chi connectivity index (χ1v) is 6.78. The van der Waals surface area contributed by atoms with Crippen LogP contribution in [0.5, 0.6) is 5.75 Å². The van der Waals surface area contributed by atoms with Crippen molar-refractivity contribution in [2.75, 3.05) is 12.4 Å². The first kappa shape index (κ1) is 13.5. The molecule has 0 amide bonds. The summed E-state index contributed by atoms with van der Waals surface area (Å²) in [7, 11) is -3.43. The van der Waals surface area contributed by atoms with Crippen LogP contribution >= 0.6 is 0 Å². The predicted octanol–water partition coefficient (Wildman–Crippen LogP) is 0.924. The number of aryl methyl sites for hydroxylation is 1. The Kier molecular flexibility index (Phi) is 4.49. The third kappa shape index (κ3) is 4.85. The van der Waals surface area contributed by atoms with E-state index in [4.69, 9.17) is 15.1 Å². The van der Waals surface area contributed by atoms with E-state index in [2.05, 4.69) is 0 Å². The molecule has 1 aromatic rings. The van der Waals surface area contributed by atoms with Gasteiger partial charge in [0.15, 0.2) is 0 Å². The van der Waals surface area contributed by atoms with Crippen molar-refractivity contribution in [2.45, 2.75) is 13.3 Å². The van der Waals surface area contributed by atoms with Crippen LogP contribution < -0.4 is 9.88 Å². The zero-order valence-electron chi connectivity index (χ0n) is 9.51. The van der Waals surface area contributed by atoms with Gasteiger partial charge in [-0.1, -0.05) is 6.07 Å². The Hall–Kier alpha value is -1.58. The number of hydrogen-bond acceptors (Lipinski definition) is 4. The first-order chi connectivity index (χ1) is 7.92. The van der Waals surface area contributed by atoms with Crippen molar-refractivity contribution in [1.82, 2.24) is 0 Å². The molecular formula is C11H14N2O3S. The fourth-order valence-electron chi connectivity index (χ4n) is 1.27. The van der Waals surface area contributed by atoms with Crippen LogP contribution in [-0.4, -0.2) is 20.8 Å². The van der Waals surface area contributed by atoms with Gasteiger partial charge >= 0.3 is 0 Å². The minimum Gasteiger partial charge on any atom is -0.493 e. The molecule has 0 spiro atoms. The van der Waals surface area contributed by atoms with Gasteiger partial charge in [0.1, 0.15) is 5.75 Å². The molecule has 0 aromatic heterocycles. The quantitative estimate of drug-likeness (QED) is 0.791. The van der Waals surface area contributed by atoms with E-state index in [0.29, 0.717) is 17.7 Å². The van der Waals surface area contributed by atoms with Crippen molar-refractivity contribution < 1.29 is 13.2 Å². The minimum absolute atomic E-state index is 0.107. The molecule has 2 N–H and O–H groups in total. The molecule has 0 atom stereocenters. The van der Waals surface area contributed by atoms with Gasteiger partial charge in [-0.25, -0.2) is 13.6 Å². The second-order valence-electron chi connectivity index (χ2n) is 3.66. The van der Waals surface area contributed by atoms with E-state index in [1.54, 1.807) is 18.2 Å². The SMILES string of the molecule is Cc1ccc(C#N)cc1OCCCS(N)(=O)=O. The van der Waals surface area contributed by atoms with Gasteiger partial charge in [-0.3, -0.25) is 0 Å². The zero-order valence-corrected chi connectivity index (χ0v) is 10.3. The Bertz CT molecular complexity index is 532. The van der Waals surface area contributed by atoms with E-state index >= 15 is 0 Å². The van der Waals surface area contributed by atoms with Gasteiger partial charge in [0.05, 0.1) is 24.0 Å². The van der Waals surface area contributed by atoms with Gasteiger partial charge < -0.3 is 4.74 Å². The smallest absolute Gasteiger partial charge is 0.209 e. The Balaban J connectivity index is 2.55. The Labute approximate surface area is 101 Å². The number of benzene rings is 1. The molecule has 1 aromatic carbocycles. The molecule has 0 unspecified atom stereocenters. The van der Waals surface area contributed by atoms with Crippen LogP contribution in [0.1, 0.15) is 17.5 Å². The van der Waals surface area contributed by atoms with Crippen LogP contribution in [0.25, 0.3) is 0 Å². The molecule has 0 bridgehead atoms. The topological polar surface area (TPSA) is 93.2 Å². The Morgan fingerprint density at radius 3 is 2.76 bits per heavy atom. The summed E-state index contributed by atoms with van der Waals surface area (Å²) in [6, 6.07) is 7.13. The fraction of sp³-hybridized carbons (Fsp3) is 0.364. The van der Waals surface area contributed by atoms with Gasteiger partial charge in [-0.05, 0) is 31.0 Å². The number of ether oxygens (including phenoxy) is 1. The van der Waals surface area contributed by atoms with E-state index in [0.717, 1.165) is 5.56 Å². The predicted molar refractivity (Wildman–Crippen MR) is 64.0 cm³/mol. The summed E-state index contributed by atoms with van der Waals surface area (Å²) < 4.78 is 26.8. The molecule has 0 radical (unpaired) electrons. The lowest BCUT2D eigenvalue weighted by molar-refractivity contribution is 0.315. The highest BCUT2D eigenvalue weighted by molar-refractivity contribution is 7.89. The monoisotopic (exact) mass is 254 g/mol. The molecule has 0 aliphatic heterocycles. The molecule has 0 saturated carbocycles. The minimum atomic E-state index is -3.43. The lowest BCUT2D eigenvalue weighted by atomic mass is 10.1. The Morgan fingerprint density at radius 1 is 1.47 bits per heavy atom. The molecule has 0 saturated heterocycles. The van der Waals surface area contributed by atoms with E-state index < -0.39 is 10.0 Å². The van der Waals surface area contributed by atoms with Crippen LogP contribution in [-0.2, 0) is 10.0 Å². The average Bonchev–Trinajstić information content (AvgIpc) is 2.25. The highest BCUT2D eigenvalue weighted by Crippen LogP contribution is 2.19. The van der Waals surface area contributed by atoms with Gasteiger partial charge in [0, 0.05) is 0 Å². The average molecular weight is 254 g/mol. The second kappa shape index (κ2) is 5.66.